The molecule has 2 rings (SSSR count). The summed E-state index contributed by atoms with van der Waals surface area (Å²) in [6.45, 7) is 5.00. The number of esters is 1. The zero-order valence-electron chi connectivity index (χ0n) is 16.2. The zero-order valence-corrected chi connectivity index (χ0v) is 17.8. The largest absolute Gasteiger partial charge is 0.492 e. The average Bonchev–Trinajstić information content (AvgIpc) is 3.10. The van der Waals surface area contributed by atoms with Gasteiger partial charge in [-0.25, -0.2) is 4.98 Å². The first-order chi connectivity index (χ1) is 13.6. The number of nitrogens with one attached hydrogen (secondary N) is 1. The van der Waals surface area contributed by atoms with Crippen molar-refractivity contribution in [2.75, 3.05) is 18.6 Å². The fourth-order valence-corrected chi connectivity index (χ4v) is 3.29. The second kappa shape index (κ2) is 12.4. The fraction of sp³-hybridized carbons (Fsp3) is 0.450. The van der Waals surface area contributed by atoms with Gasteiger partial charge in [-0.1, -0.05) is 37.8 Å². The Bertz CT molecular complexity index is 780. The average molecular weight is 424 g/mol. The monoisotopic (exact) mass is 423 g/mol. The molecule has 0 spiro atoms. The Morgan fingerprint density at radius 1 is 1.32 bits per heavy atom. The van der Waals surface area contributed by atoms with Gasteiger partial charge in [-0.15, -0.1) is 11.3 Å². The minimum Gasteiger partial charge on any atom is -0.492 e. The third-order valence-electron chi connectivity index (χ3n) is 3.77. The standard InChI is InChI=1S/C20H26ClN3O3S/c1-3-5-6-7-10-27-18-9-8-15(11-17(18)21)13-22-24-20-23-16(14-28-20)12-19(25)26-4-2/h8-9,11,13-14H,3-7,10,12H2,1-2H3,(H,23,24). The number of aromatic nitrogens is 1. The van der Waals surface area contributed by atoms with Crippen LogP contribution in [0.15, 0.2) is 28.7 Å². The summed E-state index contributed by atoms with van der Waals surface area (Å²) < 4.78 is 10.6. The number of nitrogens with zero attached hydrogens (tertiary/aromatic N) is 2. The molecule has 1 aromatic carbocycles. The van der Waals surface area contributed by atoms with Crippen LogP contribution in [-0.2, 0) is 16.0 Å². The van der Waals surface area contributed by atoms with Gasteiger partial charge in [-0.2, -0.15) is 5.10 Å². The molecule has 0 bridgehead atoms. The maximum Gasteiger partial charge on any atom is 0.311 e. The number of ether oxygens (including phenoxy) is 2. The fourth-order valence-electron chi connectivity index (χ4n) is 2.39. The van der Waals surface area contributed by atoms with Gasteiger partial charge in [0.1, 0.15) is 5.75 Å². The molecule has 6 nitrogen and oxygen atoms in total. The predicted octanol–water partition coefficient (Wildman–Crippen LogP) is 5.31. The Kier molecular flexibility index (Phi) is 9.79. The summed E-state index contributed by atoms with van der Waals surface area (Å²) >= 11 is 7.66. The van der Waals surface area contributed by atoms with Crippen LogP contribution in [0.5, 0.6) is 5.75 Å². The lowest BCUT2D eigenvalue weighted by molar-refractivity contribution is -0.142. The Balaban J connectivity index is 1.81. The van der Waals surface area contributed by atoms with Crippen molar-refractivity contribution in [1.29, 1.82) is 0 Å². The van der Waals surface area contributed by atoms with Gasteiger partial charge in [0.2, 0.25) is 5.13 Å². The Labute approximate surface area is 174 Å². The second-order valence-electron chi connectivity index (χ2n) is 6.09. The number of hydrogen-bond donors (Lipinski definition) is 1. The van der Waals surface area contributed by atoms with Gasteiger partial charge in [0.15, 0.2) is 0 Å². The smallest absolute Gasteiger partial charge is 0.311 e. The molecular weight excluding hydrogens is 398 g/mol. The highest BCUT2D eigenvalue weighted by molar-refractivity contribution is 7.13. The number of halogens is 1. The van der Waals surface area contributed by atoms with Crippen LogP contribution in [0.4, 0.5) is 5.13 Å². The molecule has 0 aliphatic heterocycles. The van der Waals surface area contributed by atoms with Gasteiger partial charge >= 0.3 is 5.97 Å². The van der Waals surface area contributed by atoms with Crippen LogP contribution in [-0.4, -0.2) is 30.4 Å². The number of carbonyl (C=O) groups is 1. The lowest BCUT2D eigenvalue weighted by Crippen LogP contribution is -2.07. The van der Waals surface area contributed by atoms with Gasteiger partial charge in [0.05, 0.1) is 36.6 Å². The summed E-state index contributed by atoms with van der Waals surface area (Å²) in [6, 6.07) is 5.55. The van der Waals surface area contributed by atoms with E-state index in [2.05, 4.69) is 22.4 Å². The van der Waals surface area contributed by atoms with E-state index in [0.29, 0.717) is 34.8 Å². The highest BCUT2D eigenvalue weighted by Crippen LogP contribution is 2.25. The summed E-state index contributed by atoms with van der Waals surface area (Å²) in [6.07, 6.45) is 6.44. The van der Waals surface area contributed by atoms with E-state index in [1.54, 1.807) is 18.5 Å². The van der Waals surface area contributed by atoms with Crippen LogP contribution < -0.4 is 10.2 Å². The molecule has 0 saturated heterocycles. The van der Waals surface area contributed by atoms with Crippen molar-refractivity contribution in [2.24, 2.45) is 5.10 Å². The Hall–Kier alpha value is -2.12. The number of rotatable bonds is 12. The molecule has 0 atom stereocenters. The molecule has 0 unspecified atom stereocenters. The van der Waals surface area contributed by atoms with Crippen molar-refractivity contribution >= 4 is 40.3 Å². The molecule has 28 heavy (non-hydrogen) atoms. The number of unbranched alkanes of at least 4 members (excludes halogenated alkanes) is 3. The normalized spacial score (nSPS) is 11.0. The topological polar surface area (TPSA) is 72.8 Å². The molecule has 1 heterocycles. The van der Waals surface area contributed by atoms with Gasteiger partial charge in [0.25, 0.3) is 0 Å². The van der Waals surface area contributed by atoms with Crippen molar-refractivity contribution < 1.29 is 14.3 Å². The SMILES string of the molecule is CCCCCCOc1ccc(C=NNc2nc(CC(=O)OCC)cs2)cc1Cl. The van der Waals surface area contributed by atoms with E-state index in [1.807, 2.05) is 18.2 Å². The van der Waals surface area contributed by atoms with Gasteiger partial charge < -0.3 is 9.47 Å². The molecule has 152 valence electrons. The first-order valence-corrected chi connectivity index (χ1v) is 10.7. The van der Waals surface area contributed by atoms with Crippen LogP contribution in [0.3, 0.4) is 0 Å². The molecule has 0 saturated carbocycles. The summed E-state index contributed by atoms with van der Waals surface area (Å²) in [5.41, 5.74) is 4.36. The highest BCUT2D eigenvalue weighted by atomic mass is 35.5. The lowest BCUT2D eigenvalue weighted by Gasteiger charge is -2.08. The molecular formula is C20H26ClN3O3S. The molecule has 0 amide bonds. The second-order valence-corrected chi connectivity index (χ2v) is 7.36. The minimum atomic E-state index is -0.287. The van der Waals surface area contributed by atoms with E-state index in [-0.39, 0.29) is 12.4 Å². The number of anilines is 1. The zero-order chi connectivity index (χ0) is 20.2. The summed E-state index contributed by atoms with van der Waals surface area (Å²) in [7, 11) is 0. The maximum atomic E-state index is 11.5. The van der Waals surface area contributed by atoms with Crippen molar-refractivity contribution in [2.45, 2.75) is 46.0 Å². The first-order valence-electron chi connectivity index (χ1n) is 9.43. The molecule has 0 aliphatic carbocycles. The van der Waals surface area contributed by atoms with Crippen LogP contribution >= 0.6 is 22.9 Å². The number of carbonyl (C=O) groups excluding carboxylic acids is 1. The van der Waals surface area contributed by atoms with E-state index in [9.17, 15) is 4.79 Å². The molecule has 8 heteroatoms. The summed E-state index contributed by atoms with van der Waals surface area (Å²) in [5, 5.41) is 7.13. The number of hydrazone groups is 1. The van der Waals surface area contributed by atoms with Crippen molar-refractivity contribution in [3.05, 3.63) is 39.9 Å². The number of benzene rings is 1. The summed E-state index contributed by atoms with van der Waals surface area (Å²) in [5.74, 6) is 0.400. The van der Waals surface area contributed by atoms with E-state index in [1.165, 1.54) is 30.6 Å². The molecule has 2 aromatic rings. The van der Waals surface area contributed by atoms with Crippen molar-refractivity contribution in [1.82, 2.24) is 4.98 Å². The highest BCUT2D eigenvalue weighted by Gasteiger charge is 2.08. The minimum absolute atomic E-state index is 0.158. The number of thiazole rings is 1. The van der Waals surface area contributed by atoms with E-state index in [0.717, 1.165) is 12.0 Å². The number of hydrogen-bond acceptors (Lipinski definition) is 7. The van der Waals surface area contributed by atoms with Crippen LogP contribution in [0.2, 0.25) is 5.02 Å². The molecule has 1 N–H and O–H groups in total. The first kappa shape index (κ1) is 22.2. The predicted molar refractivity (Wildman–Crippen MR) is 115 cm³/mol. The van der Waals surface area contributed by atoms with Crippen molar-refractivity contribution in [3.63, 3.8) is 0 Å². The third-order valence-corrected chi connectivity index (χ3v) is 4.86. The van der Waals surface area contributed by atoms with Gasteiger partial charge in [0, 0.05) is 5.38 Å². The molecule has 1 aromatic heterocycles. The van der Waals surface area contributed by atoms with Gasteiger partial charge in [-0.05, 0) is 37.1 Å². The third kappa shape index (κ3) is 7.86. The van der Waals surface area contributed by atoms with Crippen LogP contribution in [0.1, 0.15) is 50.8 Å². The molecule has 0 aliphatic rings. The van der Waals surface area contributed by atoms with Crippen LogP contribution in [0.25, 0.3) is 0 Å². The van der Waals surface area contributed by atoms with Crippen LogP contribution in [0, 0.1) is 0 Å². The van der Waals surface area contributed by atoms with E-state index >= 15 is 0 Å². The van der Waals surface area contributed by atoms with Gasteiger partial charge in [-0.3, -0.25) is 10.2 Å². The van der Waals surface area contributed by atoms with E-state index < -0.39 is 0 Å². The quantitative estimate of drug-likeness (QED) is 0.217. The van der Waals surface area contributed by atoms with E-state index in [4.69, 9.17) is 21.1 Å². The maximum absolute atomic E-state index is 11.5. The lowest BCUT2D eigenvalue weighted by atomic mass is 10.2. The molecule has 0 fully saturated rings. The summed E-state index contributed by atoms with van der Waals surface area (Å²) in [4.78, 5) is 15.8. The van der Waals surface area contributed by atoms with Crippen molar-refractivity contribution in [3.8, 4) is 5.75 Å². The Morgan fingerprint density at radius 3 is 2.93 bits per heavy atom. The molecule has 0 radical (unpaired) electrons. The Morgan fingerprint density at radius 2 is 2.18 bits per heavy atom.